The van der Waals surface area contributed by atoms with Gasteiger partial charge in [0.05, 0.1) is 17.8 Å². The van der Waals surface area contributed by atoms with Gasteiger partial charge in [0.1, 0.15) is 12.1 Å². The molecule has 0 aliphatic carbocycles. The van der Waals surface area contributed by atoms with Gasteiger partial charge < -0.3 is 10.4 Å². The smallest absolute Gasteiger partial charge is 0.230 e. The molecule has 0 saturated heterocycles. The number of aryl methyl sites for hydroxylation is 1. The highest BCUT2D eigenvalue weighted by Gasteiger charge is 2.16. The fraction of sp³-hybridized carbons (Fsp3) is 0.0870. The van der Waals surface area contributed by atoms with Crippen molar-refractivity contribution >= 4 is 17.2 Å². The molecule has 4 aromatic heterocycles. The van der Waals surface area contributed by atoms with Crippen LogP contribution >= 0.6 is 0 Å². The van der Waals surface area contributed by atoms with Gasteiger partial charge in [0.2, 0.25) is 5.91 Å². The SMILES string of the molecule is Cc1cccc(-n2nc(CC(=O)Nc3ccc(O)cc3)cc2-c2ccc3ncnn3c2)n1. The highest BCUT2D eigenvalue weighted by Crippen LogP contribution is 2.24. The lowest BCUT2D eigenvalue weighted by Gasteiger charge is -2.07. The Morgan fingerprint density at radius 3 is 2.75 bits per heavy atom. The number of carbonyl (C=O) groups is 1. The summed E-state index contributed by atoms with van der Waals surface area (Å²) < 4.78 is 3.42. The topological polar surface area (TPSA) is 110 Å². The van der Waals surface area contributed by atoms with E-state index in [1.54, 1.807) is 21.3 Å². The first kappa shape index (κ1) is 19.4. The number of benzene rings is 1. The van der Waals surface area contributed by atoms with Crippen LogP contribution in [0.1, 0.15) is 11.4 Å². The van der Waals surface area contributed by atoms with Gasteiger partial charge in [-0.25, -0.2) is 19.2 Å². The number of hydrogen-bond donors (Lipinski definition) is 2. The van der Waals surface area contributed by atoms with Crippen molar-refractivity contribution in [2.45, 2.75) is 13.3 Å². The molecule has 5 rings (SSSR count). The highest BCUT2D eigenvalue weighted by molar-refractivity contribution is 5.92. The Hall–Kier alpha value is -4.53. The molecule has 0 atom stereocenters. The van der Waals surface area contributed by atoms with E-state index < -0.39 is 0 Å². The minimum Gasteiger partial charge on any atom is -0.508 e. The Labute approximate surface area is 183 Å². The number of amides is 1. The van der Waals surface area contributed by atoms with E-state index in [9.17, 15) is 9.90 Å². The molecule has 5 aromatic rings. The maximum Gasteiger partial charge on any atom is 0.230 e. The lowest BCUT2D eigenvalue weighted by Crippen LogP contribution is -2.14. The Balaban J connectivity index is 1.50. The van der Waals surface area contributed by atoms with Crippen molar-refractivity contribution in [1.82, 2.24) is 29.4 Å². The molecule has 0 saturated carbocycles. The minimum absolute atomic E-state index is 0.0816. The van der Waals surface area contributed by atoms with E-state index in [-0.39, 0.29) is 18.1 Å². The van der Waals surface area contributed by atoms with Crippen LogP contribution in [0.5, 0.6) is 5.75 Å². The standard InChI is InChI=1S/C23H19N7O2/c1-15-3-2-4-22(26-15)30-20(16-5-10-21-24-14-25-29(21)13-16)11-18(28-30)12-23(32)27-17-6-8-19(31)9-7-17/h2-11,13-14,31H,12H2,1H3,(H,27,32). The van der Waals surface area contributed by atoms with E-state index >= 15 is 0 Å². The first-order valence-corrected chi connectivity index (χ1v) is 9.97. The van der Waals surface area contributed by atoms with Gasteiger partial charge in [-0.1, -0.05) is 6.07 Å². The largest absolute Gasteiger partial charge is 0.508 e. The monoisotopic (exact) mass is 425 g/mol. The summed E-state index contributed by atoms with van der Waals surface area (Å²) in [6, 6.07) is 17.7. The molecule has 1 aromatic carbocycles. The molecule has 0 aliphatic heterocycles. The third-order valence-corrected chi connectivity index (χ3v) is 4.91. The third kappa shape index (κ3) is 3.91. The number of carbonyl (C=O) groups excluding carboxylic acids is 1. The van der Waals surface area contributed by atoms with Crippen LogP contribution in [0.2, 0.25) is 0 Å². The zero-order valence-electron chi connectivity index (χ0n) is 17.2. The Kier molecular flexibility index (Phi) is 4.83. The van der Waals surface area contributed by atoms with Gasteiger partial charge in [0.25, 0.3) is 0 Å². The van der Waals surface area contributed by atoms with Gasteiger partial charge in [-0.05, 0) is 61.5 Å². The highest BCUT2D eigenvalue weighted by atomic mass is 16.3. The Bertz CT molecular complexity index is 1420. The van der Waals surface area contributed by atoms with Gasteiger partial charge in [0.15, 0.2) is 11.5 Å². The number of phenols is 1. The second kappa shape index (κ2) is 7.95. The summed E-state index contributed by atoms with van der Waals surface area (Å²) in [4.78, 5) is 21.4. The number of rotatable bonds is 5. The van der Waals surface area contributed by atoms with E-state index in [2.05, 4.69) is 25.5 Å². The van der Waals surface area contributed by atoms with Crippen LogP contribution in [0.4, 0.5) is 5.69 Å². The van der Waals surface area contributed by atoms with Crippen molar-refractivity contribution in [1.29, 1.82) is 0 Å². The lowest BCUT2D eigenvalue weighted by molar-refractivity contribution is -0.115. The molecule has 0 radical (unpaired) electrons. The quantitative estimate of drug-likeness (QED) is 0.419. The first-order valence-electron chi connectivity index (χ1n) is 9.97. The summed E-state index contributed by atoms with van der Waals surface area (Å²) in [5.74, 6) is 0.584. The van der Waals surface area contributed by atoms with Crippen LogP contribution in [-0.4, -0.2) is 40.4 Å². The summed E-state index contributed by atoms with van der Waals surface area (Å²) in [5, 5.41) is 21.1. The number of phenolic OH excluding ortho intramolecular Hbond substituents is 1. The van der Waals surface area contributed by atoms with E-state index in [0.717, 1.165) is 22.6 Å². The molecule has 0 bridgehead atoms. The van der Waals surface area contributed by atoms with E-state index in [0.29, 0.717) is 17.2 Å². The van der Waals surface area contributed by atoms with E-state index in [4.69, 9.17) is 0 Å². The molecule has 32 heavy (non-hydrogen) atoms. The number of aromatic nitrogens is 6. The van der Waals surface area contributed by atoms with Crippen molar-refractivity contribution in [3.05, 3.63) is 84.6 Å². The molecule has 9 nitrogen and oxygen atoms in total. The van der Waals surface area contributed by atoms with Gasteiger partial charge in [-0.15, -0.1) is 0 Å². The van der Waals surface area contributed by atoms with Crippen molar-refractivity contribution in [2.24, 2.45) is 0 Å². The Morgan fingerprint density at radius 1 is 1.09 bits per heavy atom. The number of hydrogen-bond acceptors (Lipinski definition) is 6. The van der Waals surface area contributed by atoms with Gasteiger partial charge in [-0.2, -0.15) is 10.2 Å². The van der Waals surface area contributed by atoms with Crippen LogP contribution < -0.4 is 5.32 Å². The second-order valence-electron chi connectivity index (χ2n) is 7.32. The maximum absolute atomic E-state index is 12.6. The van der Waals surface area contributed by atoms with E-state index in [1.165, 1.54) is 18.5 Å². The molecule has 0 fully saturated rings. The van der Waals surface area contributed by atoms with Gasteiger partial charge in [0, 0.05) is 23.1 Å². The Morgan fingerprint density at radius 2 is 1.94 bits per heavy atom. The maximum atomic E-state index is 12.6. The number of pyridine rings is 2. The lowest BCUT2D eigenvalue weighted by atomic mass is 10.1. The van der Waals surface area contributed by atoms with Gasteiger partial charge in [-0.3, -0.25) is 4.79 Å². The zero-order chi connectivity index (χ0) is 22.1. The molecule has 9 heteroatoms. The molecular weight excluding hydrogens is 406 g/mol. The number of fused-ring (bicyclic) bond motifs is 1. The fourth-order valence-electron chi connectivity index (χ4n) is 3.43. The predicted octanol–water partition coefficient (Wildman–Crippen LogP) is 3.17. The van der Waals surface area contributed by atoms with E-state index in [1.807, 2.05) is 49.5 Å². The number of nitrogens with zero attached hydrogens (tertiary/aromatic N) is 6. The molecule has 158 valence electrons. The van der Waals surface area contributed by atoms with Crippen LogP contribution in [0.15, 0.2) is 73.2 Å². The number of aromatic hydroxyl groups is 1. The average Bonchev–Trinajstić information content (AvgIpc) is 3.41. The fourth-order valence-corrected chi connectivity index (χ4v) is 3.43. The molecular formula is C23H19N7O2. The number of anilines is 1. The molecule has 4 heterocycles. The molecule has 0 spiro atoms. The van der Waals surface area contributed by atoms with Crippen molar-refractivity contribution in [2.75, 3.05) is 5.32 Å². The summed E-state index contributed by atoms with van der Waals surface area (Å²) in [7, 11) is 0. The summed E-state index contributed by atoms with van der Waals surface area (Å²) in [6.45, 7) is 1.92. The summed E-state index contributed by atoms with van der Waals surface area (Å²) in [6.07, 6.45) is 3.45. The minimum atomic E-state index is -0.212. The van der Waals surface area contributed by atoms with Crippen LogP contribution in [-0.2, 0) is 11.2 Å². The molecule has 0 aliphatic rings. The summed E-state index contributed by atoms with van der Waals surface area (Å²) in [5.41, 5.74) is 4.45. The third-order valence-electron chi connectivity index (χ3n) is 4.91. The van der Waals surface area contributed by atoms with Crippen molar-refractivity contribution in [3.63, 3.8) is 0 Å². The van der Waals surface area contributed by atoms with Crippen LogP contribution in [0, 0.1) is 6.92 Å². The zero-order valence-corrected chi connectivity index (χ0v) is 17.2. The first-order chi connectivity index (χ1) is 15.5. The number of nitrogens with one attached hydrogen (secondary N) is 1. The summed E-state index contributed by atoms with van der Waals surface area (Å²) >= 11 is 0. The molecule has 2 N–H and O–H groups in total. The predicted molar refractivity (Wildman–Crippen MR) is 119 cm³/mol. The second-order valence-corrected chi connectivity index (χ2v) is 7.32. The average molecular weight is 425 g/mol. The molecule has 0 unspecified atom stereocenters. The van der Waals surface area contributed by atoms with Crippen molar-refractivity contribution in [3.8, 4) is 22.8 Å². The normalized spacial score (nSPS) is 11.0. The molecule has 1 amide bonds. The van der Waals surface area contributed by atoms with Gasteiger partial charge >= 0.3 is 0 Å². The van der Waals surface area contributed by atoms with Crippen LogP contribution in [0.3, 0.4) is 0 Å². The van der Waals surface area contributed by atoms with Crippen molar-refractivity contribution < 1.29 is 9.90 Å². The van der Waals surface area contributed by atoms with Crippen LogP contribution in [0.25, 0.3) is 22.7 Å².